The van der Waals surface area contributed by atoms with Gasteiger partial charge < -0.3 is 5.32 Å². The fourth-order valence-corrected chi connectivity index (χ4v) is 5.99. The number of para-hydroxylation sites is 1. The van der Waals surface area contributed by atoms with Gasteiger partial charge in [-0.25, -0.2) is 8.42 Å². The Morgan fingerprint density at radius 2 is 1.42 bits per heavy atom. The molecular weight excluding hydrogens is 456 g/mol. The van der Waals surface area contributed by atoms with Crippen LogP contribution in [0.2, 0.25) is 5.02 Å². The van der Waals surface area contributed by atoms with E-state index in [2.05, 4.69) is 5.32 Å². The second-order valence-electron chi connectivity index (χ2n) is 8.44. The standard InChI is InChI=1S/C26H29ClN2O3S/c1-17-13-20(4)26(21(5)14-17)33(31,32)29(15-22-9-11-23(27)12-10-22)16-24(30)28-25-18(2)7-6-8-19(25)3/h6-14H,15-16H2,1-5H3,(H,28,30). The maximum Gasteiger partial charge on any atom is 0.244 e. The first kappa shape index (κ1) is 25.0. The molecule has 0 saturated heterocycles. The number of halogens is 1. The van der Waals surface area contributed by atoms with E-state index in [1.54, 1.807) is 38.1 Å². The number of aryl methyl sites for hydroxylation is 5. The van der Waals surface area contributed by atoms with Gasteiger partial charge in [0, 0.05) is 17.3 Å². The Hall–Kier alpha value is -2.67. The van der Waals surface area contributed by atoms with Crippen LogP contribution in [-0.4, -0.2) is 25.2 Å². The zero-order chi connectivity index (χ0) is 24.3. The summed E-state index contributed by atoms with van der Waals surface area (Å²) in [7, 11) is -3.96. The Kier molecular flexibility index (Phi) is 7.62. The molecule has 3 aromatic carbocycles. The summed E-state index contributed by atoms with van der Waals surface area (Å²) in [6, 6.07) is 16.4. The number of hydrogen-bond donors (Lipinski definition) is 1. The zero-order valence-corrected chi connectivity index (χ0v) is 21.1. The number of nitrogens with zero attached hydrogens (tertiary/aromatic N) is 1. The number of rotatable bonds is 7. The quantitative estimate of drug-likeness (QED) is 0.467. The van der Waals surface area contributed by atoms with Crippen LogP contribution in [0.4, 0.5) is 5.69 Å². The third kappa shape index (κ3) is 5.82. The van der Waals surface area contributed by atoms with E-state index in [0.717, 1.165) is 22.3 Å². The Morgan fingerprint density at radius 3 is 1.97 bits per heavy atom. The highest BCUT2D eigenvalue weighted by molar-refractivity contribution is 7.89. The predicted octanol–water partition coefficient (Wildman–Crippen LogP) is 5.71. The van der Waals surface area contributed by atoms with Gasteiger partial charge in [0.25, 0.3) is 0 Å². The van der Waals surface area contributed by atoms with Crippen LogP contribution in [-0.2, 0) is 21.4 Å². The number of nitrogens with one attached hydrogen (secondary N) is 1. The molecule has 0 aromatic heterocycles. The second-order valence-corrected chi connectivity index (χ2v) is 10.8. The lowest BCUT2D eigenvalue weighted by Crippen LogP contribution is -2.38. The van der Waals surface area contributed by atoms with Crippen molar-refractivity contribution in [2.75, 3.05) is 11.9 Å². The van der Waals surface area contributed by atoms with Crippen molar-refractivity contribution in [1.82, 2.24) is 4.31 Å². The molecule has 3 rings (SSSR count). The summed E-state index contributed by atoms with van der Waals surface area (Å²) >= 11 is 6.00. The molecule has 1 amide bonds. The maximum atomic E-state index is 13.8. The zero-order valence-electron chi connectivity index (χ0n) is 19.6. The fraction of sp³-hybridized carbons (Fsp3) is 0.269. The van der Waals surface area contributed by atoms with E-state index in [-0.39, 0.29) is 18.0 Å². The van der Waals surface area contributed by atoms with Gasteiger partial charge in [0.15, 0.2) is 0 Å². The Labute approximate surface area is 201 Å². The van der Waals surface area contributed by atoms with Crippen LogP contribution in [0.25, 0.3) is 0 Å². The van der Waals surface area contributed by atoms with Gasteiger partial charge in [0.05, 0.1) is 11.4 Å². The average Bonchev–Trinajstić information content (AvgIpc) is 2.71. The lowest BCUT2D eigenvalue weighted by molar-refractivity contribution is -0.116. The molecule has 0 aliphatic rings. The normalized spacial score (nSPS) is 11.6. The van der Waals surface area contributed by atoms with E-state index in [9.17, 15) is 13.2 Å². The van der Waals surface area contributed by atoms with Crippen molar-refractivity contribution in [1.29, 1.82) is 0 Å². The molecule has 3 aromatic rings. The molecule has 0 radical (unpaired) electrons. The maximum absolute atomic E-state index is 13.8. The third-order valence-electron chi connectivity index (χ3n) is 5.54. The van der Waals surface area contributed by atoms with Crippen LogP contribution in [0, 0.1) is 34.6 Å². The number of anilines is 1. The first-order valence-corrected chi connectivity index (χ1v) is 12.5. The van der Waals surface area contributed by atoms with E-state index >= 15 is 0 Å². The van der Waals surface area contributed by atoms with E-state index in [0.29, 0.717) is 21.8 Å². The first-order chi connectivity index (χ1) is 15.5. The minimum atomic E-state index is -3.96. The Bertz CT molecular complexity index is 1240. The molecule has 0 atom stereocenters. The highest BCUT2D eigenvalue weighted by atomic mass is 35.5. The monoisotopic (exact) mass is 484 g/mol. The van der Waals surface area contributed by atoms with Crippen LogP contribution in [0.5, 0.6) is 0 Å². The van der Waals surface area contributed by atoms with Crippen molar-refractivity contribution in [2.24, 2.45) is 0 Å². The molecule has 0 saturated carbocycles. The number of carbonyl (C=O) groups excluding carboxylic acids is 1. The van der Waals surface area contributed by atoms with Gasteiger partial charge in [-0.2, -0.15) is 4.31 Å². The summed E-state index contributed by atoms with van der Waals surface area (Å²) in [4.78, 5) is 13.3. The van der Waals surface area contributed by atoms with Crippen LogP contribution in [0.3, 0.4) is 0 Å². The summed E-state index contributed by atoms with van der Waals surface area (Å²) in [6.07, 6.45) is 0. The highest BCUT2D eigenvalue weighted by Crippen LogP contribution is 2.27. The van der Waals surface area contributed by atoms with Crippen molar-refractivity contribution >= 4 is 33.2 Å². The van der Waals surface area contributed by atoms with Crippen LogP contribution in [0.15, 0.2) is 59.5 Å². The van der Waals surface area contributed by atoms with Gasteiger partial charge in [-0.15, -0.1) is 0 Å². The van der Waals surface area contributed by atoms with Crippen molar-refractivity contribution < 1.29 is 13.2 Å². The highest BCUT2D eigenvalue weighted by Gasteiger charge is 2.30. The predicted molar refractivity (Wildman–Crippen MR) is 134 cm³/mol. The van der Waals surface area contributed by atoms with Crippen molar-refractivity contribution in [2.45, 2.75) is 46.1 Å². The van der Waals surface area contributed by atoms with Crippen molar-refractivity contribution in [3.63, 3.8) is 0 Å². The van der Waals surface area contributed by atoms with Gasteiger partial charge in [0.1, 0.15) is 0 Å². The largest absolute Gasteiger partial charge is 0.324 e. The molecule has 7 heteroatoms. The second kappa shape index (κ2) is 10.1. The molecule has 1 N–H and O–H groups in total. The number of hydrogen-bond acceptors (Lipinski definition) is 3. The van der Waals surface area contributed by atoms with Gasteiger partial charge in [-0.3, -0.25) is 4.79 Å². The average molecular weight is 485 g/mol. The summed E-state index contributed by atoms with van der Waals surface area (Å²) in [6.45, 7) is 9.04. The summed E-state index contributed by atoms with van der Waals surface area (Å²) in [5.41, 5.74) is 5.58. The molecule has 0 heterocycles. The lowest BCUT2D eigenvalue weighted by Gasteiger charge is -2.24. The molecule has 0 aliphatic carbocycles. The van der Waals surface area contributed by atoms with E-state index in [1.807, 2.05) is 51.1 Å². The summed E-state index contributed by atoms with van der Waals surface area (Å²) in [5, 5.41) is 3.46. The van der Waals surface area contributed by atoms with E-state index in [4.69, 9.17) is 11.6 Å². The molecule has 0 spiro atoms. The van der Waals surface area contributed by atoms with Gasteiger partial charge in [0.2, 0.25) is 15.9 Å². The number of sulfonamides is 1. The van der Waals surface area contributed by atoms with Gasteiger partial charge in [-0.05, 0) is 74.6 Å². The lowest BCUT2D eigenvalue weighted by atomic mass is 10.1. The molecule has 33 heavy (non-hydrogen) atoms. The minimum Gasteiger partial charge on any atom is -0.324 e. The molecule has 0 fully saturated rings. The minimum absolute atomic E-state index is 0.0480. The SMILES string of the molecule is Cc1cc(C)c(S(=O)(=O)N(CC(=O)Nc2c(C)cccc2C)Cc2ccc(Cl)cc2)c(C)c1. The fourth-order valence-electron chi connectivity index (χ4n) is 4.07. The Morgan fingerprint density at radius 1 is 0.879 bits per heavy atom. The third-order valence-corrected chi connectivity index (χ3v) is 7.89. The number of benzene rings is 3. The van der Waals surface area contributed by atoms with Crippen LogP contribution < -0.4 is 5.32 Å². The summed E-state index contributed by atoms with van der Waals surface area (Å²) in [5.74, 6) is -0.396. The van der Waals surface area contributed by atoms with Crippen LogP contribution in [0.1, 0.15) is 33.4 Å². The molecular formula is C26H29ClN2O3S. The number of carbonyl (C=O) groups is 1. The molecule has 5 nitrogen and oxygen atoms in total. The molecule has 174 valence electrons. The topological polar surface area (TPSA) is 66.5 Å². The Balaban J connectivity index is 1.99. The van der Waals surface area contributed by atoms with Crippen molar-refractivity contribution in [3.8, 4) is 0 Å². The number of amides is 1. The van der Waals surface area contributed by atoms with E-state index < -0.39 is 15.9 Å². The molecule has 0 bridgehead atoms. The summed E-state index contributed by atoms with van der Waals surface area (Å²) < 4.78 is 28.8. The first-order valence-electron chi connectivity index (χ1n) is 10.7. The van der Waals surface area contributed by atoms with Gasteiger partial charge >= 0.3 is 0 Å². The molecule has 0 unspecified atom stereocenters. The smallest absolute Gasteiger partial charge is 0.244 e. The van der Waals surface area contributed by atoms with Crippen LogP contribution >= 0.6 is 11.6 Å². The van der Waals surface area contributed by atoms with Gasteiger partial charge in [-0.1, -0.05) is 59.6 Å². The van der Waals surface area contributed by atoms with Crippen molar-refractivity contribution in [3.05, 3.63) is 93.0 Å². The molecule has 0 aliphatic heterocycles. The van der Waals surface area contributed by atoms with E-state index in [1.165, 1.54) is 4.31 Å².